The fourth-order valence-electron chi connectivity index (χ4n) is 1.95. The molecule has 0 heterocycles. The first-order valence-corrected chi connectivity index (χ1v) is 9.02. The molecule has 0 bridgehead atoms. The van der Waals surface area contributed by atoms with E-state index in [0.29, 0.717) is 11.1 Å². The fraction of sp³-hybridized carbons (Fsp3) is 0.250. The Hall–Kier alpha value is -1.57. The van der Waals surface area contributed by atoms with Crippen LogP contribution in [0.15, 0.2) is 51.8 Å². The highest BCUT2D eigenvalue weighted by atomic mass is 79.9. The lowest BCUT2D eigenvalue weighted by Gasteiger charge is -2.11. The van der Waals surface area contributed by atoms with Crippen molar-refractivity contribution in [2.45, 2.75) is 11.3 Å². The van der Waals surface area contributed by atoms with Crippen LogP contribution in [0.3, 0.4) is 0 Å². The molecule has 124 valence electrons. The monoisotopic (exact) mass is 400 g/mol. The van der Waals surface area contributed by atoms with Crippen molar-refractivity contribution in [1.82, 2.24) is 0 Å². The van der Waals surface area contributed by atoms with Crippen LogP contribution in [0.2, 0.25) is 0 Å². The number of halogens is 1. The second kappa shape index (κ2) is 7.81. The normalized spacial score (nSPS) is 11.3. The highest BCUT2D eigenvalue weighted by Gasteiger charge is 2.22. The molecule has 0 radical (unpaired) electrons. The molecule has 0 fully saturated rings. The van der Waals surface area contributed by atoms with Crippen molar-refractivity contribution < 1.29 is 22.1 Å². The van der Waals surface area contributed by atoms with Crippen LogP contribution in [0.5, 0.6) is 11.5 Å². The Balaban J connectivity index is 2.23. The number of hydrogen-bond acceptors (Lipinski definition) is 5. The molecule has 0 atom stereocenters. The molecule has 2 aromatic carbocycles. The molecule has 0 spiro atoms. The van der Waals surface area contributed by atoms with Crippen molar-refractivity contribution in [3.63, 3.8) is 0 Å². The SMILES string of the molecule is COCCc1ccc(OS(=O)(=O)c2cc(Br)ccc2OC)cc1. The summed E-state index contributed by atoms with van der Waals surface area (Å²) in [6.07, 6.45) is 0.753. The lowest BCUT2D eigenvalue weighted by Crippen LogP contribution is -2.11. The summed E-state index contributed by atoms with van der Waals surface area (Å²) in [4.78, 5) is -0.0298. The molecule has 0 amide bonds. The van der Waals surface area contributed by atoms with Crippen LogP contribution in [0.1, 0.15) is 5.56 Å². The van der Waals surface area contributed by atoms with Gasteiger partial charge in [0.1, 0.15) is 16.4 Å². The molecular formula is C16H17BrO5S. The van der Waals surface area contributed by atoms with Gasteiger partial charge in [0.05, 0.1) is 13.7 Å². The maximum atomic E-state index is 12.4. The van der Waals surface area contributed by atoms with Crippen molar-refractivity contribution in [2.75, 3.05) is 20.8 Å². The topological polar surface area (TPSA) is 61.8 Å². The summed E-state index contributed by atoms with van der Waals surface area (Å²) < 4.78 is 40.8. The third-order valence-electron chi connectivity index (χ3n) is 3.12. The van der Waals surface area contributed by atoms with E-state index >= 15 is 0 Å². The van der Waals surface area contributed by atoms with E-state index in [4.69, 9.17) is 13.7 Å². The zero-order chi connectivity index (χ0) is 16.9. The highest BCUT2D eigenvalue weighted by Crippen LogP contribution is 2.29. The second-order valence-corrected chi connectivity index (χ2v) is 7.15. The van der Waals surface area contributed by atoms with Crippen molar-refractivity contribution in [3.8, 4) is 11.5 Å². The van der Waals surface area contributed by atoms with Gasteiger partial charge in [-0.1, -0.05) is 28.1 Å². The summed E-state index contributed by atoms with van der Waals surface area (Å²) in [5.41, 5.74) is 1.04. The van der Waals surface area contributed by atoms with Crippen LogP contribution in [-0.4, -0.2) is 29.2 Å². The van der Waals surface area contributed by atoms with Gasteiger partial charge in [-0.05, 0) is 42.3 Å². The minimum absolute atomic E-state index is 0.0298. The van der Waals surface area contributed by atoms with Crippen LogP contribution in [0.25, 0.3) is 0 Å². The van der Waals surface area contributed by atoms with Gasteiger partial charge < -0.3 is 13.7 Å². The number of methoxy groups -OCH3 is 2. The molecule has 0 aliphatic rings. The molecule has 0 aliphatic heterocycles. The maximum Gasteiger partial charge on any atom is 0.342 e. The Bertz CT molecular complexity index is 757. The Morgan fingerprint density at radius 3 is 2.35 bits per heavy atom. The molecule has 0 aliphatic carbocycles. The van der Waals surface area contributed by atoms with Crippen molar-refractivity contribution in [1.29, 1.82) is 0 Å². The van der Waals surface area contributed by atoms with Crippen LogP contribution in [-0.2, 0) is 21.3 Å². The Kier molecular flexibility index (Phi) is 6.04. The maximum absolute atomic E-state index is 12.4. The summed E-state index contributed by atoms with van der Waals surface area (Å²) in [6.45, 7) is 0.605. The van der Waals surface area contributed by atoms with E-state index in [1.165, 1.54) is 13.2 Å². The van der Waals surface area contributed by atoms with Crippen LogP contribution in [0, 0.1) is 0 Å². The van der Waals surface area contributed by atoms with Gasteiger partial charge in [-0.3, -0.25) is 0 Å². The van der Waals surface area contributed by atoms with E-state index < -0.39 is 10.1 Å². The van der Waals surface area contributed by atoms with Gasteiger partial charge in [-0.25, -0.2) is 0 Å². The summed E-state index contributed by atoms with van der Waals surface area (Å²) in [6, 6.07) is 11.6. The predicted molar refractivity (Wildman–Crippen MR) is 90.5 cm³/mol. The lowest BCUT2D eigenvalue weighted by molar-refractivity contribution is 0.202. The minimum atomic E-state index is -3.99. The van der Waals surface area contributed by atoms with Crippen molar-refractivity contribution in [3.05, 3.63) is 52.5 Å². The van der Waals surface area contributed by atoms with E-state index in [-0.39, 0.29) is 16.4 Å². The fourth-order valence-corrected chi connectivity index (χ4v) is 3.59. The predicted octanol–water partition coefficient (Wildman–Crippen LogP) is 3.41. The van der Waals surface area contributed by atoms with Gasteiger partial charge in [-0.15, -0.1) is 0 Å². The quantitative estimate of drug-likeness (QED) is 0.666. The van der Waals surface area contributed by atoms with Crippen molar-refractivity contribution >= 4 is 26.0 Å². The van der Waals surface area contributed by atoms with E-state index in [1.54, 1.807) is 31.4 Å². The first-order chi connectivity index (χ1) is 11.0. The average molecular weight is 401 g/mol. The number of benzene rings is 2. The zero-order valence-corrected chi connectivity index (χ0v) is 15.2. The summed E-state index contributed by atoms with van der Waals surface area (Å²) in [7, 11) is -0.944. The summed E-state index contributed by atoms with van der Waals surface area (Å²) >= 11 is 3.25. The Morgan fingerprint density at radius 1 is 1.04 bits per heavy atom. The van der Waals surface area contributed by atoms with Gasteiger partial charge in [0, 0.05) is 11.6 Å². The number of hydrogen-bond donors (Lipinski definition) is 0. The smallest absolute Gasteiger partial charge is 0.342 e. The van der Waals surface area contributed by atoms with Gasteiger partial charge in [0.15, 0.2) is 0 Å². The Labute approximate surface area is 144 Å². The molecule has 0 unspecified atom stereocenters. The summed E-state index contributed by atoms with van der Waals surface area (Å²) in [5, 5.41) is 0. The standard InChI is InChI=1S/C16H17BrO5S/c1-20-10-9-12-3-6-14(7-4-12)22-23(18,19)16-11-13(17)5-8-15(16)21-2/h3-8,11H,9-10H2,1-2H3. The van der Waals surface area contributed by atoms with Gasteiger partial charge in [0.2, 0.25) is 0 Å². The number of ether oxygens (including phenoxy) is 2. The first kappa shape index (κ1) is 17.8. The van der Waals surface area contributed by atoms with E-state index in [0.717, 1.165) is 12.0 Å². The molecule has 0 saturated heterocycles. The second-order valence-electron chi connectivity index (χ2n) is 4.72. The van der Waals surface area contributed by atoms with Crippen LogP contribution in [0.4, 0.5) is 0 Å². The Morgan fingerprint density at radius 2 is 1.74 bits per heavy atom. The third-order valence-corrected chi connectivity index (χ3v) is 4.88. The first-order valence-electron chi connectivity index (χ1n) is 6.82. The van der Waals surface area contributed by atoms with Gasteiger partial charge >= 0.3 is 10.1 Å². The molecule has 0 saturated carbocycles. The lowest BCUT2D eigenvalue weighted by atomic mass is 10.1. The van der Waals surface area contributed by atoms with E-state index in [2.05, 4.69) is 15.9 Å². The van der Waals surface area contributed by atoms with E-state index in [9.17, 15) is 8.42 Å². The molecule has 7 heteroatoms. The molecule has 2 rings (SSSR count). The third kappa shape index (κ3) is 4.70. The largest absolute Gasteiger partial charge is 0.495 e. The van der Waals surface area contributed by atoms with Crippen molar-refractivity contribution in [2.24, 2.45) is 0 Å². The average Bonchev–Trinajstić information content (AvgIpc) is 2.54. The van der Waals surface area contributed by atoms with Gasteiger partial charge in [0.25, 0.3) is 0 Å². The summed E-state index contributed by atoms with van der Waals surface area (Å²) in [5.74, 6) is 0.470. The van der Waals surface area contributed by atoms with Crippen LogP contribution >= 0.6 is 15.9 Å². The molecule has 2 aromatic rings. The van der Waals surface area contributed by atoms with Crippen LogP contribution < -0.4 is 8.92 Å². The number of rotatable bonds is 7. The molecule has 0 N–H and O–H groups in total. The molecule has 5 nitrogen and oxygen atoms in total. The molecule has 0 aromatic heterocycles. The highest BCUT2D eigenvalue weighted by molar-refractivity contribution is 9.10. The minimum Gasteiger partial charge on any atom is -0.495 e. The van der Waals surface area contributed by atoms with Gasteiger partial charge in [-0.2, -0.15) is 8.42 Å². The van der Waals surface area contributed by atoms with E-state index in [1.807, 2.05) is 12.1 Å². The zero-order valence-electron chi connectivity index (χ0n) is 12.8. The molecular weight excluding hydrogens is 384 g/mol. The molecule has 23 heavy (non-hydrogen) atoms.